The molecule has 3 aromatic carbocycles. The molecule has 0 saturated carbocycles. The first-order chi connectivity index (χ1) is 19.8. The second-order valence-corrected chi connectivity index (χ2v) is 10.4. The molecule has 2 aliphatic heterocycles. The van der Waals surface area contributed by atoms with Gasteiger partial charge in [0.2, 0.25) is 0 Å². The third kappa shape index (κ3) is 6.65. The summed E-state index contributed by atoms with van der Waals surface area (Å²) in [5, 5.41) is 11.1. The molecule has 9 heteroatoms. The number of β-amino-alcohol motifs (C(OH)–C–C–N with tert-alkyl or cyclic N) is 1. The lowest BCUT2D eigenvalue weighted by Crippen LogP contribution is -2.34. The van der Waals surface area contributed by atoms with Crippen molar-refractivity contribution in [2.75, 3.05) is 25.4 Å². The summed E-state index contributed by atoms with van der Waals surface area (Å²) in [6.07, 6.45) is 2.92. The molecule has 0 spiro atoms. The lowest BCUT2D eigenvalue weighted by atomic mass is 10.00. The van der Waals surface area contributed by atoms with E-state index < -0.39 is 6.10 Å². The molecule has 1 atom stereocenters. The molecule has 1 saturated heterocycles. The Balaban J connectivity index is 1.33. The van der Waals surface area contributed by atoms with Gasteiger partial charge in [-0.15, -0.1) is 0 Å². The van der Waals surface area contributed by atoms with Crippen LogP contribution in [-0.4, -0.2) is 58.5 Å². The number of amidine groups is 1. The van der Waals surface area contributed by atoms with Crippen molar-refractivity contribution < 1.29 is 19.5 Å². The van der Waals surface area contributed by atoms with Crippen LogP contribution in [0, 0.1) is 0 Å². The molecule has 0 unspecified atom stereocenters. The molecular formula is C32H35N5O4. The van der Waals surface area contributed by atoms with Gasteiger partial charge in [0.05, 0.1) is 11.8 Å². The number of carbonyl (C=O) groups excluding carboxylic acids is 2. The maximum absolute atomic E-state index is 13.5. The minimum atomic E-state index is -0.451. The fourth-order valence-corrected chi connectivity index (χ4v) is 4.98. The van der Waals surface area contributed by atoms with E-state index in [-0.39, 0.29) is 24.8 Å². The molecule has 2 aliphatic rings. The average molecular weight is 554 g/mol. The van der Waals surface area contributed by atoms with Gasteiger partial charge < -0.3 is 21.5 Å². The van der Waals surface area contributed by atoms with Crippen LogP contribution in [0.1, 0.15) is 47.7 Å². The largest absolute Gasteiger partial charge is 0.399 e. The zero-order chi connectivity index (χ0) is 28.9. The number of anilines is 1. The fourth-order valence-electron chi connectivity index (χ4n) is 4.98. The molecule has 212 valence electrons. The van der Waals surface area contributed by atoms with Crippen LogP contribution in [-0.2, 0) is 16.2 Å². The Bertz CT molecular complexity index is 1480. The summed E-state index contributed by atoms with van der Waals surface area (Å²) in [7, 11) is 0. The monoisotopic (exact) mass is 553 g/mol. The quantitative estimate of drug-likeness (QED) is 0.281. The number of carbonyl (C=O) groups is 2. The third-order valence-corrected chi connectivity index (χ3v) is 7.21. The SMILES string of the molecule is CCCN(OCc1ccc(N)cc1)C(=O)C1=Cc2ccc(-c3ccc(C(=O)N4CC[C@@H](O)C4)cc3)cc2N=C(N)C1. The molecule has 0 aliphatic carbocycles. The molecule has 5 rings (SSSR count). The van der Waals surface area contributed by atoms with Crippen LogP contribution in [0.4, 0.5) is 11.4 Å². The Labute approximate surface area is 239 Å². The fraction of sp³-hybridized carbons (Fsp3) is 0.281. The molecule has 2 amide bonds. The summed E-state index contributed by atoms with van der Waals surface area (Å²) >= 11 is 0. The predicted molar refractivity (Wildman–Crippen MR) is 160 cm³/mol. The van der Waals surface area contributed by atoms with E-state index in [1.807, 2.05) is 55.5 Å². The topological polar surface area (TPSA) is 134 Å². The van der Waals surface area contributed by atoms with Crippen molar-refractivity contribution in [3.8, 4) is 11.1 Å². The van der Waals surface area contributed by atoms with Crippen molar-refractivity contribution >= 4 is 35.1 Å². The summed E-state index contributed by atoms with van der Waals surface area (Å²) in [6, 6.07) is 20.6. The van der Waals surface area contributed by atoms with Gasteiger partial charge in [-0.25, -0.2) is 10.1 Å². The lowest BCUT2D eigenvalue weighted by molar-refractivity contribution is -0.187. The number of nitrogens with zero attached hydrogens (tertiary/aromatic N) is 3. The van der Waals surface area contributed by atoms with Crippen LogP contribution < -0.4 is 11.5 Å². The van der Waals surface area contributed by atoms with Gasteiger partial charge in [0.25, 0.3) is 11.8 Å². The van der Waals surface area contributed by atoms with Crippen molar-refractivity contribution in [1.82, 2.24) is 9.96 Å². The highest BCUT2D eigenvalue weighted by atomic mass is 16.7. The van der Waals surface area contributed by atoms with E-state index >= 15 is 0 Å². The first kappa shape index (κ1) is 28.1. The van der Waals surface area contributed by atoms with Crippen molar-refractivity contribution in [3.05, 3.63) is 89.0 Å². The number of fused-ring (bicyclic) bond motifs is 1. The van der Waals surface area contributed by atoms with Crippen LogP contribution in [0.25, 0.3) is 17.2 Å². The van der Waals surface area contributed by atoms with Crippen LogP contribution in [0.5, 0.6) is 0 Å². The Morgan fingerprint density at radius 2 is 1.78 bits per heavy atom. The van der Waals surface area contributed by atoms with Crippen LogP contribution in [0.3, 0.4) is 0 Å². The van der Waals surface area contributed by atoms with Crippen molar-refractivity contribution in [1.29, 1.82) is 0 Å². The number of rotatable bonds is 8. The van der Waals surface area contributed by atoms with E-state index in [9.17, 15) is 14.7 Å². The predicted octanol–water partition coefficient (Wildman–Crippen LogP) is 4.29. The van der Waals surface area contributed by atoms with Crippen molar-refractivity contribution in [3.63, 3.8) is 0 Å². The van der Waals surface area contributed by atoms with E-state index in [4.69, 9.17) is 16.3 Å². The number of hydrogen-bond donors (Lipinski definition) is 3. The van der Waals surface area contributed by atoms with E-state index in [0.717, 1.165) is 28.7 Å². The molecule has 9 nitrogen and oxygen atoms in total. The number of amides is 2. The summed E-state index contributed by atoms with van der Waals surface area (Å²) < 4.78 is 0. The Morgan fingerprint density at radius 3 is 2.46 bits per heavy atom. The number of aliphatic hydroxyl groups is 1. The third-order valence-electron chi connectivity index (χ3n) is 7.21. The maximum Gasteiger partial charge on any atom is 0.273 e. The number of aliphatic hydroxyl groups excluding tert-OH is 1. The van der Waals surface area contributed by atoms with Crippen LogP contribution in [0.15, 0.2) is 77.3 Å². The zero-order valence-electron chi connectivity index (χ0n) is 23.1. The number of nitrogens with two attached hydrogens (primary N) is 2. The summed E-state index contributed by atoms with van der Waals surface area (Å²) in [4.78, 5) is 38.4. The minimum Gasteiger partial charge on any atom is -0.399 e. The van der Waals surface area contributed by atoms with Gasteiger partial charge in [-0.3, -0.25) is 14.4 Å². The van der Waals surface area contributed by atoms with Gasteiger partial charge in [-0.05, 0) is 65.9 Å². The Hall–Kier alpha value is -4.47. The second-order valence-electron chi connectivity index (χ2n) is 10.4. The van der Waals surface area contributed by atoms with Gasteiger partial charge >= 0.3 is 0 Å². The van der Waals surface area contributed by atoms with Gasteiger partial charge in [-0.2, -0.15) is 0 Å². The van der Waals surface area contributed by atoms with Crippen LogP contribution in [0.2, 0.25) is 0 Å². The van der Waals surface area contributed by atoms with E-state index in [2.05, 4.69) is 4.99 Å². The average Bonchev–Trinajstić information content (AvgIpc) is 3.34. The van der Waals surface area contributed by atoms with Crippen molar-refractivity contribution in [2.24, 2.45) is 10.7 Å². The summed E-state index contributed by atoms with van der Waals surface area (Å²) in [5.41, 5.74) is 18.0. The highest BCUT2D eigenvalue weighted by molar-refractivity contribution is 6.05. The molecule has 5 N–H and O–H groups in total. The maximum atomic E-state index is 13.5. The smallest absolute Gasteiger partial charge is 0.273 e. The number of benzene rings is 3. The van der Waals surface area contributed by atoms with Crippen molar-refractivity contribution in [2.45, 2.75) is 38.9 Å². The number of hydrogen-bond acceptors (Lipinski definition) is 7. The molecule has 0 aromatic heterocycles. The van der Waals surface area contributed by atoms with Gasteiger partial charge in [0.15, 0.2) is 0 Å². The number of aliphatic imine (C=N–C) groups is 1. The van der Waals surface area contributed by atoms with Gasteiger partial charge in [0.1, 0.15) is 12.4 Å². The highest BCUT2D eigenvalue weighted by Crippen LogP contribution is 2.32. The molecular weight excluding hydrogens is 518 g/mol. The van der Waals surface area contributed by atoms with Crippen LogP contribution >= 0.6 is 0 Å². The summed E-state index contributed by atoms with van der Waals surface area (Å²) in [6.45, 7) is 3.60. The highest BCUT2D eigenvalue weighted by Gasteiger charge is 2.26. The van der Waals surface area contributed by atoms with E-state index in [1.54, 1.807) is 29.2 Å². The van der Waals surface area contributed by atoms with E-state index in [1.165, 1.54) is 5.06 Å². The Kier molecular flexibility index (Phi) is 8.47. The number of likely N-dealkylation sites (tertiary alicyclic amines) is 1. The first-order valence-corrected chi connectivity index (χ1v) is 13.9. The molecule has 41 heavy (non-hydrogen) atoms. The number of hydroxylamine groups is 2. The van der Waals surface area contributed by atoms with Gasteiger partial charge in [0, 0.05) is 48.4 Å². The minimum absolute atomic E-state index is 0.0794. The molecule has 0 bridgehead atoms. The van der Waals surface area contributed by atoms with Gasteiger partial charge in [-0.1, -0.05) is 43.3 Å². The molecule has 1 fully saturated rings. The second kappa shape index (κ2) is 12.4. The zero-order valence-corrected chi connectivity index (χ0v) is 23.1. The lowest BCUT2D eigenvalue weighted by Gasteiger charge is -2.22. The molecule has 0 radical (unpaired) electrons. The molecule has 3 aromatic rings. The molecule has 2 heterocycles. The first-order valence-electron chi connectivity index (χ1n) is 13.9. The standard InChI is InChI=1S/C32H35N5O4/c1-2-14-37(41-20-21-3-11-27(33)12-4-21)32(40)26-16-25-10-9-24(17-29(25)35-30(34)18-26)22-5-7-23(8-6-22)31(39)36-15-13-28(38)19-36/h3-12,16-17,28,38H,2,13-15,18-20,33H2,1H3,(H2,34,35)/t28-/m1/s1. The Morgan fingerprint density at radius 1 is 1.05 bits per heavy atom. The normalized spacial score (nSPS) is 16.4. The summed E-state index contributed by atoms with van der Waals surface area (Å²) in [5.74, 6) is 0.0108. The van der Waals surface area contributed by atoms with E-state index in [0.29, 0.717) is 54.4 Å². The number of nitrogen functional groups attached to an aromatic ring is 1.